The quantitative estimate of drug-likeness (QED) is 0.169. The largest absolute Gasteiger partial charge is 0.455 e. The molecule has 8 aromatic carbocycles. The zero-order valence-electron chi connectivity index (χ0n) is 42.4. The Morgan fingerprint density at radius 1 is 0.543 bits per heavy atom. The van der Waals surface area contributed by atoms with Gasteiger partial charge in [0.1, 0.15) is 11.3 Å². The van der Waals surface area contributed by atoms with E-state index in [0.29, 0.717) is 0 Å². The van der Waals surface area contributed by atoms with Crippen LogP contribution in [0.1, 0.15) is 104 Å². The average molecular weight is 910 g/mol. The number of nitrogens with one attached hydrogen (secondary N) is 1. The maximum absolute atomic E-state index is 7.06. The minimum absolute atomic E-state index is 0.0221. The maximum Gasteiger partial charge on any atom is 0.198 e. The van der Waals surface area contributed by atoms with Gasteiger partial charge in [0.2, 0.25) is 0 Å². The Bertz CT molecular complexity index is 3690. The molecule has 0 unspecified atom stereocenters. The first-order chi connectivity index (χ1) is 33.4. The second kappa shape index (κ2) is 15.7. The number of anilines is 2. The zero-order chi connectivity index (χ0) is 48.5. The summed E-state index contributed by atoms with van der Waals surface area (Å²) in [5.74, 6) is 0.888. The van der Waals surface area contributed by atoms with Crippen molar-refractivity contribution in [3.05, 3.63) is 186 Å². The smallest absolute Gasteiger partial charge is 0.198 e. The Morgan fingerprint density at radius 2 is 1.13 bits per heavy atom. The molecular formula is C66H62BN2O. The van der Waals surface area contributed by atoms with Crippen molar-refractivity contribution in [1.82, 2.24) is 4.57 Å². The SMILES string of the molecule is CC(C)(C)c1ccc(Nc2ccccc2-c2cc(-c3ccc(C(C)(C)C)cc3)c3c4cc5c(cc4n4c3c2[B]c2cc3oc(-c6ccccc6)c(-c6ccccc6)c3cc2-4)C(C)(C)CCC5(C)C)cc1. The predicted octanol–water partition coefficient (Wildman–Crippen LogP) is 16.9. The molecule has 345 valence electrons. The molecule has 0 atom stereocenters. The molecular weight excluding hydrogens is 848 g/mol. The van der Waals surface area contributed by atoms with Gasteiger partial charge in [0.15, 0.2) is 7.28 Å². The van der Waals surface area contributed by atoms with E-state index in [0.717, 1.165) is 68.7 Å². The minimum atomic E-state index is 0.0221. The van der Waals surface area contributed by atoms with Crippen LogP contribution in [-0.2, 0) is 21.7 Å². The lowest BCUT2D eigenvalue weighted by Crippen LogP contribution is -2.37. The molecule has 1 aliphatic carbocycles. The van der Waals surface area contributed by atoms with Gasteiger partial charge in [-0.1, -0.05) is 190 Å². The summed E-state index contributed by atoms with van der Waals surface area (Å²) in [6.45, 7) is 23.5. The summed E-state index contributed by atoms with van der Waals surface area (Å²) in [6, 6.07) is 61.0. The third kappa shape index (κ3) is 7.16. The lowest BCUT2D eigenvalue weighted by Gasteiger charge is -2.42. The summed E-state index contributed by atoms with van der Waals surface area (Å²) >= 11 is 0. The number of aromatic nitrogens is 1. The van der Waals surface area contributed by atoms with Crippen LogP contribution >= 0.6 is 0 Å². The molecule has 10 aromatic rings. The summed E-state index contributed by atoms with van der Waals surface area (Å²) in [4.78, 5) is 0. The number of hydrogen-bond donors (Lipinski definition) is 1. The molecule has 4 heteroatoms. The van der Waals surface area contributed by atoms with Gasteiger partial charge in [-0.3, -0.25) is 0 Å². The van der Waals surface area contributed by atoms with E-state index in [1.807, 2.05) is 0 Å². The van der Waals surface area contributed by atoms with Crippen molar-refractivity contribution in [2.24, 2.45) is 0 Å². The van der Waals surface area contributed by atoms with E-state index >= 15 is 0 Å². The van der Waals surface area contributed by atoms with Gasteiger partial charge >= 0.3 is 0 Å². The zero-order valence-corrected chi connectivity index (χ0v) is 42.4. The van der Waals surface area contributed by atoms with Crippen molar-refractivity contribution in [2.75, 3.05) is 5.32 Å². The van der Waals surface area contributed by atoms with Crippen LogP contribution in [0.4, 0.5) is 11.4 Å². The van der Waals surface area contributed by atoms with Crippen LogP contribution < -0.4 is 16.2 Å². The first kappa shape index (κ1) is 44.2. The normalized spacial score (nSPS) is 14.9. The molecule has 12 rings (SSSR count). The molecule has 2 aromatic heterocycles. The van der Waals surface area contributed by atoms with Crippen molar-refractivity contribution in [2.45, 2.75) is 104 Å². The fourth-order valence-electron chi connectivity index (χ4n) is 11.6. The highest BCUT2D eigenvalue weighted by Gasteiger charge is 2.39. The predicted molar refractivity (Wildman–Crippen MR) is 300 cm³/mol. The van der Waals surface area contributed by atoms with Crippen molar-refractivity contribution in [3.63, 3.8) is 0 Å². The highest BCUT2D eigenvalue weighted by Crippen LogP contribution is 2.51. The van der Waals surface area contributed by atoms with Gasteiger partial charge < -0.3 is 14.3 Å². The lowest BCUT2D eigenvalue weighted by molar-refractivity contribution is 0.332. The molecule has 1 radical (unpaired) electrons. The van der Waals surface area contributed by atoms with Gasteiger partial charge in [0.25, 0.3) is 0 Å². The molecule has 0 saturated heterocycles. The first-order valence-electron chi connectivity index (χ1n) is 25.3. The van der Waals surface area contributed by atoms with Crippen molar-refractivity contribution < 1.29 is 4.42 Å². The number of benzene rings is 8. The number of hydrogen-bond acceptors (Lipinski definition) is 2. The summed E-state index contributed by atoms with van der Waals surface area (Å²) in [7, 11) is 2.45. The van der Waals surface area contributed by atoms with Gasteiger partial charge in [-0.25, -0.2) is 0 Å². The average Bonchev–Trinajstić information content (AvgIpc) is 3.89. The number of rotatable bonds is 6. The Balaban J connectivity index is 1.20. The van der Waals surface area contributed by atoms with Gasteiger partial charge in [-0.05, 0) is 133 Å². The second-order valence-corrected chi connectivity index (χ2v) is 23.5. The van der Waals surface area contributed by atoms with E-state index in [1.165, 1.54) is 71.9 Å². The van der Waals surface area contributed by atoms with Gasteiger partial charge in [0.05, 0.1) is 5.52 Å². The number of nitrogens with zero attached hydrogens (tertiary/aromatic N) is 1. The highest BCUT2D eigenvalue weighted by atomic mass is 16.3. The summed E-state index contributed by atoms with van der Waals surface area (Å²) in [5, 5.41) is 7.60. The molecule has 3 heterocycles. The monoisotopic (exact) mass is 909 g/mol. The van der Waals surface area contributed by atoms with Crippen molar-refractivity contribution >= 4 is 62.4 Å². The Hall–Kier alpha value is -7.04. The summed E-state index contributed by atoms with van der Waals surface area (Å²) in [5.41, 5.74) is 22.9. The van der Waals surface area contributed by atoms with E-state index in [2.05, 4.69) is 250 Å². The van der Waals surface area contributed by atoms with Crippen LogP contribution in [0.2, 0.25) is 0 Å². The third-order valence-corrected chi connectivity index (χ3v) is 15.8. The molecule has 1 N–H and O–H groups in total. The van der Waals surface area contributed by atoms with E-state index in [1.54, 1.807) is 0 Å². The van der Waals surface area contributed by atoms with Crippen molar-refractivity contribution in [1.29, 1.82) is 0 Å². The van der Waals surface area contributed by atoms with E-state index in [9.17, 15) is 0 Å². The Labute approximate surface area is 414 Å². The molecule has 3 nitrogen and oxygen atoms in total. The van der Waals surface area contributed by atoms with Crippen molar-refractivity contribution in [3.8, 4) is 50.4 Å². The van der Waals surface area contributed by atoms with Gasteiger partial charge in [0, 0.05) is 55.4 Å². The number of para-hydroxylation sites is 1. The molecule has 1 aliphatic heterocycles. The van der Waals surface area contributed by atoms with Crippen LogP contribution in [0.3, 0.4) is 0 Å². The molecule has 0 amide bonds. The molecule has 0 bridgehead atoms. The highest BCUT2D eigenvalue weighted by molar-refractivity contribution is 6.74. The van der Waals surface area contributed by atoms with Crippen LogP contribution in [0, 0.1) is 0 Å². The molecule has 0 spiro atoms. The standard InChI is InChI=1S/C66H62BN2O/c1-63(2,3)43-27-25-40(26-28-43)47-35-48(46-23-17-18-24-54(46)68-45-31-29-44(30-32-45)64(4,5)6)60-61-59(47)49-36-51-52(66(9,10)34-33-65(51,7)8)38-55(49)69(61)56-37-50-57(39-53(56)67-60)70-62(42-21-15-12-16-22-42)58(50)41-19-13-11-14-20-41/h11-32,35-39,68H,33-34H2,1-10H3. The van der Waals surface area contributed by atoms with Gasteiger partial charge in [-0.2, -0.15) is 0 Å². The third-order valence-electron chi connectivity index (χ3n) is 15.8. The number of fused-ring (bicyclic) bond motifs is 7. The minimum Gasteiger partial charge on any atom is -0.455 e. The Morgan fingerprint density at radius 3 is 1.77 bits per heavy atom. The molecule has 0 saturated carbocycles. The molecule has 2 aliphatic rings. The fraction of sp³-hybridized carbons (Fsp3) is 0.242. The summed E-state index contributed by atoms with van der Waals surface area (Å²) < 4.78 is 9.69. The van der Waals surface area contributed by atoms with Crippen LogP contribution in [-0.4, -0.2) is 11.8 Å². The molecule has 70 heavy (non-hydrogen) atoms. The molecule has 0 fully saturated rings. The Kier molecular flexibility index (Phi) is 9.94. The van der Waals surface area contributed by atoms with E-state index < -0.39 is 0 Å². The van der Waals surface area contributed by atoms with Crippen LogP contribution in [0.15, 0.2) is 168 Å². The lowest BCUT2D eigenvalue weighted by atomic mass is 9.58. The topological polar surface area (TPSA) is 30.1 Å². The fourth-order valence-corrected chi connectivity index (χ4v) is 11.6. The summed E-state index contributed by atoms with van der Waals surface area (Å²) in [6.07, 6.45) is 2.29. The van der Waals surface area contributed by atoms with Crippen LogP contribution in [0.25, 0.3) is 83.2 Å². The van der Waals surface area contributed by atoms with E-state index in [4.69, 9.17) is 4.42 Å². The second-order valence-electron chi connectivity index (χ2n) is 23.5. The van der Waals surface area contributed by atoms with Gasteiger partial charge in [-0.15, -0.1) is 0 Å². The number of furan rings is 1. The van der Waals surface area contributed by atoms with Crippen LogP contribution in [0.5, 0.6) is 0 Å². The first-order valence-corrected chi connectivity index (χ1v) is 25.3. The maximum atomic E-state index is 7.06. The van der Waals surface area contributed by atoms with E-state index in [-0.39, 0.29) is 21.7 Å².